The minimum Gasteiger partial charge on any atom is -0.373 e. The Morgan fingerprint density at radius 1 is 1.08 bits per heavy atom. The molecule has 2 heterocycles. The predicted octanol–water partition coefficient (Wildman–Crippen LogP) is 4.31. The Balaban J connectivity index is 1.62. The standard InChI is InChI=1S/C27H36N4O4S2/c1-18-14-19(2)25-24(15-18)36-27(28-25)31(13-7-12-29(5)6)26(32)22-8-10-23(11-9-22)37(33,34)30-16-20(3)35-21(4)17-30/h8-11,14-15,20-21H,7,12-13,16-17H2,1-6H3/t20-,21+. The summed E-state index contributed by atoms with van der Waals surface area (Å²) < 4.78 is 34.7. The normalized spacial score (nSPS) is 19.0. The van der Waals surface area contributed by atoms with Crippen molar-refractivity contribution in [3.05, 3.63) is 53.1 Å². The van der Waals surface area contributed by atoms with Gasteiger partial charge in [-0.05, 0) is 96.2 Å². The minimum absolute atomic E-state index is 0.170. The fraction of sp³-hybridized carbons (Fsp3) is 0.481. The third-order valence-corrected chi connectivity index (χ3v) is 9.28. The molecule has 200 valence electrons. The van der Waals surface area contributed by atoms with Gasteiger partial charge < -0.3 is 9.64 Å². The molecule has 0 unspecified atom stereocenters. The van der Waals surface area contributed by atoms with Crippen molar-refractivity contribution in [2.45, 2.75) is 51.2 Å². The molecule has 0 radical (unpaired) electrons. The Kier molecular flexibility index (Phi) is 8.35. The Morgan fingerprint density at radius 2 is 1.73 bits per heavy atom. The molecule has 2 aromatic carbocycles. The number of aryl methyl sites for hydroxylation is 2. The van der Waals surface area contributed by atoms with Crippen molar-refractivity contribution < 1.29 is 17.9 Å². The number of morpholine rings is 1. The summed E-state index contributed by atoms with van der Waals surface area (Å²) in [4.78, 5) is 22.5. The number of carbonyl (C=O) groups excluding carboxylic acids is 1. The van der Waals surface area contributed by atoms with E-state index >= 15 is 0 Å². The highest BCUT2D eigenvalue weighted by molar-refractivity contribution is 7.89. The number of thiazole rings is 1. The van der Waals surface area contributed by atoms with Crippen molar-refractivity contribution in [3.63, 3.8) is 0 Å². The second-order valence-electron chi connectivity index (χ2n) is 10.1. The fourth-order valence-corrected chi connectivity index (χ4v) is 7.46. The molecule has 37 heavy (non-hydrogen) atoms. The smallest absolute Gasteiger partial charge is 0.260 e. The van der Waals surface area contributed by atoms with Crippen LogP contribution in [-0.4, -0.2) is 81.0 Å². The first kappa shape index (κ1) is 27.7. The van der Waals surface area contributed by atoms with E-state index < -0.39 is 10.0 Å². The first-order valence-electron chi connectivity index (χ1n) is 12.6. The monoisotopic (exact) mass is 544 g/mol. The number of rotatable bonds is 8. The minimum atomic E-state index is -3.68. The molecular formula is C27H36N4O4S2. The van der Waals surface area contributed by atoms with Gasteiger partial charge in [0.05, 0.1) is 27.3 Å². The number of carbonyl (C=O) groups is 1. The van der Waals surface area contributed by atoms with Gasteiger partial charge in [-0.3, -0.25) is 9.69 Å². The van der Waals surface area contributed by atoms with Crippen LogP contribution in [0, 0.1) is 13.8 Å². The van der Waals surface area contributed by atoms with Crippen LogP contribution in [0.4, 0.5) is 5.13 Å². The lowest BCUT2D eigenvalue weighted by atomic mass is 10.1. The highest BCUT2D eigenvalue weighted by Gasteiger charge is 2.32. The lowest BCUT2D eigenvalue weighted by Gasteiger charge is -2.34. The molecule has 1 aliphatic rings. The zero-order valence-corrected chi connectivity index (χ0v) is 24.0. The molecule has 1 aromatic heterocycles. The third kappa shape index (κ3) is 6.21. The van der Waals surface area contributed by atoms with Gasteiger partial charge in [0.2, 0.25) is 10.0 Å². The van der Waals surface area contributed by atoms with Crippen molar-refractivity contribution in [2.24, 2.45) is 0 Å². The van der Waals surface area contributed by atoms with Gasteiger partial charge in [-0.1, -0.05) is 17.4 Å². The summed E-state index contributed by atoms with van der Waals surface area (Å²) in [5.41, 5.74) is 3.58. The highest BCUT2D eigenvalue weighted by atomic mass is 32.2. The number of anilines is 1. The van der Waals surface area contributed by atoms with Gasteiger partial charge in [-0.25, -0.2) is 13.4 Å². The third-order valence-electron chi connectivity index (χ3n) is 6.41. The summed E-state index contributed by atoms with van der Waals surface area (Å²) in [6.45, 7) is 9.79. The molecule has 1 saturated heterocycles. The molecule has 1 amide bonds. The van der Waals surface area contributed by atoms with E-state index in [1.165, 1.54) is 27.8 Å². The van der Waals surface area contributed by atoms with E-state index in [9.17, 15) is 13.2 Å². The maximum Gasteiger partial charge on any atom is 0.260 e. The van der Waals surface area contributed by atoms with Crippen LogP contribution in [0.3, 0.4) is 0 Å². The number of nitrogens with zero attached hydrogens (tertiary/aromatic N) is 4. The van der Waals surface area contributed by atoms with Crippen molar-refractivity contribution >= 4 is 42.6 Å². The molecule has 1 aliphatic heterocycles. The number of amides is 1. The summed E-state index contributed by atoms with van der Waals surface area (Å²) >= 11 is 1.51. The van der Waals surface area contributed by atoms with Crippen LogP contribution in [0.1, 0.15) is 41.8 Å². The number of aromatic nitrogens is 1. The van der Waals surface area contributed by atoms with Crippen LogP contribution < -0.4 is 4.90 Å². The zero-order valence-electron chi connectivity index (χ0n) is 22.4. The van der Waals surface area contributed by atoms with Crippen LogP contribution in [0.25, 0.3) is 10.2 Å². The average molecular weight is 545 g/mol. The van der Waals surface area contributed by atoms with Gasteiger partial charge in [0.1, 0.15) is 0 Å². The summed E-state index contributed by atoms with van der Waals surface area (Å²) in [5, 5.41) is 0.653. The number of fused-ring (bicyclic) bond motifs is 1. The maximum absolute atomic E-state index is 13.7. The molecule has 3 aromatic rings. The van der Waals surface area contributed by atoms with Gasteiger partial charge in [-0.2, -0.15) is 4.31 Å². The molecule has 0 bridgehead atoms. The Labute approximate surface area is 223 Å². The van der Waals surface area contributed by atoms with Gasteiger partial charge in [-0.15, -0.1) is 0 Å². The van der Waals surface area contributed by atoms with E-state index in [0.717, 1.165) is 34.3 Å². The summed E-state index contributed by atoms with van der Waals surface area (Å²) in [6, 6.07) is 10.4. The molecule has 4 rings (SSSR count). The molecule has 0 saturated carbocycles. The number of hydrogen-bond acceptors (Lipinski definition) is 7. The largest absolute Gasteiger partial charge is 0.373 e. The zero-order chi connectivity index (χ0) is 26.9. The van der Waals surface area contributed by atoms with E-state index in [1.54, 1.807) is 17.0 Å². The number of ether oxygens (including phenoxy) is 1. The lowest BCUT2D eigenvalue weighted by molar-refractivity contribution is -0.0440. The molecule has 0 aliphatic carbocycles. The number of hydrogen-bond donors (Lipinski definition) is 0. The quantitative estimate of drug-likeness (QED) is 0.420. The van der Waals surface area contributed by atoms with Crippen molar-refractivity contribution in [2.75, 3.05) is 45.2 Å². The first-order valence-corrected chi connectivity index (χ1v) is 14.8. The van der Waals surface area contributed by atoms with Crippen molar-refractivity contribution in [3.8, 4) is 0 Å². The Hall–Kier alpha value is -2.37. The predicted molar refractivity (Wildman–Crippen MR) is 149 cm³/mol. The van der Waals surface area contributed by atoms with E-state index in [0.29, 0.717) is 30.3 Å². The van der Waals surface area contributed by atoms with Crippen LogP contribution in [0.15, 0.2) is 41.3 Å². The van der Waals surface area contributed by atoms with Gasteiger partial charge in [0.25, 0.3) is 5.91 Å². The van der Waals surface area contributed by atoms with E-state index in [-0.39, 0.29) is 23.0 Å². The van der Waals surface area contributed by atoms with E-state index in [1.807, 2.05) is 34.9 Å². The van der Waals surface area contributed by atoms with Gasteiger partial charge >= 0.3 is 0 Å². The molecule has 8 nitrogen and oxygen atoms in total. The van der Waals surface area contributed by atoms with Gasteiger partial charge in [0, 0.05) is 25.2 Å². The first-order chi connectivity index (χ1) is 17.5. The summed E-state index contributed by atoms with van der Waals surface area (Å²) in [7, 11) is 0.330. The van der Waals surface area contributed by atoms with Crippen molar-refractivity contribution in [1.82, 2.24) is 14.2 Å². The molecular weight excluding hydrogens is 508 g/mol. The molecule has 2 atom stereocenters. The Morgan fingerprint density at radius 3 is 2.35 bits per heavy atom. The highest BCUT2D eigenvalue weighted by Crippen LogP contribution is 2.33. The molecule has 0 spiro atoms. The SMILES string of the molecule is Cc1cc(C)c2nc(N(CCCN(C)C)C(=O)c3ccc(S(=O)(=O)N4C[C@@H](C)O[C@@H](C)C4)cc3)sc2c1. The molecule has 1 fully saturated rings. The summed E-state index contributed by atoms with van der Waals surface area (Å²) in [6.07, 6.45) is 0.444. The van der Waals surface area contributed by atoms with Crippen LogP contribution in [-0.2, 0) is 14.8 Å². The second kappa shape index (κ2) is 11.2. The molecule has 10 heteroatoms. The number of benzene rings is 2. The van der Waals surface area contributed by atoms with E-state index in [4.69, 9.17) is 9.72 Å². The summed E-state index contributed by atoms with van der Waals surface area (Å²) in [5.74, 6) is -0.190. The topological polar surface area (TPSA) is 83.1 Å². The van der Waals surface area contributed by atoms with Crippen molar-refractivity contribution in [1.29, 1.82) is 0 Å². The molecule has 0 N–H and O–H groups in total. The lowest BCUT2D eigenvalue weighted by Crippen LogP contribution is -2.48. The van der Waals surface area contributed by atoms with E-state index in [2.05, 4.69) is 24.0 Å². The van der Waals surface area contributed by atoms with Crippen LogP contribution >= 0.6 is 11.3 Å². The number of sulfonamides is 1. The average Bonchev–Trinajstić information content (AvgIpc) is 3.25. The second-order valence-corrected chi connectivity index (χ2v) is 13.1. The van der Waals surface area contributed by atoms with Gasteiger partial charge in [0.15, 0.2) is 5.13 Å². The van der Waals surface area contributed by atoms with Crippen LogP contribution in [0.2, 0.25) is 0 Å². The Bertz CT molecular complexity index is 1360. The fourth-order valence-electron chi connectivity index (χ4n) is 4.70. The van der Waals surface area contributed by atoms with Crippen LogP contribution in [0.5, 0.6) is 0 Å². The maximum atomic E-state index is 13.7.